The molecule has 0 aromatic carbocycles. The molecule has 0 unspecified atom stereocenters. The number of aliphatic carboxylic acids is 1. The van der Waals surface area contributed by atoms with Gasteiger partial charge in [0.15, 0.2) is 0 Å². The van der Waals surface area contributed by atoms with Crippen LogP contribution in [0.3, 0.4) is 0 Å². The molecule has 1 saturated carbocycles. The van der Waals surface area contributed by atoms with Crippen molar-refractivity contribution in [2.45, 2.75) is 44.6 Å². The Morgan fingerprint density at radius 3 is 2.85 bits per heavy atom. The van der Waals surface area contributed by atoms with Crippen molar-refractivity contribution in [1.29, 1.82) is 0 Å². The van der Waals surface area contributed by atoms with E-state index in [0.29, 0.717) is 18.9 Å². The molecule has 1 aliphatic carbocycles. The first kappa shape index (κ1) is 13.6. The van der Waals surface area contributed by atoms with E-state index in [9.17, 15) is 14.7 Å². The van der Waals surface area contributed by atoms with E-state index in [-0.39, 0.29) is 11.8 Å². The van der Waals surface area contributed by atoms with Gasteiger partial charge in [-0.15, -0.1) is 11.3 Å². The Kier molecular flexibility index (Phi) is 3.54. The normalized spacial score (nSPS) is 29.2. The summed E-state index contributed by atoms with van der Waals surface area (Å²) in [5.41, 5.74) is 1.25. The van der Waals surface area contributed by atoms with Crippen LogP contribution in [0.4, 0.5) is 0 Å². The minimum Gasteiger partial charge on any atom is -0.480 e. The van der Waals surface area contributed by atoms with Crippen molar-refractivity contribution < 1.29 is 14.7 Å². The number of thiophene rings is 1. The molecule has 5 heteroatoms. The summed E-state index contributed by atoms with van der Waals surface area (Å²) < 4.78 is 0. The minimum atomic E-state index is -0.859. The molecule has 20 heavy (non-hydrogen) atoms. The van der Waals surface area contributed by atoms with Gasteiger partial charge < -0.3 is 10.0 Å². The second-order valence-electron chi connectivity index (χ2n) is 5.80. The zero-order valence-electron chi connectivity index (χ0n) is 11.5. The number of hydrogen-bond donors (Lipinski definition) is 1. The lowest BCUT2D eigenvalue weighted by Gasteiger charge is -2.33. The van der Waals surface area contributed by atoms with E-state index >= 15 is 0 Å². The molecule has 1 N–H and O–H groups in total. The van der Waals surface area contributed by atoms with Crippen molar-refractivity contribution in [3.63, 3.8) is 0 Å². The van der Waals surface area contributed by atoms with Crippen molar-refractivity contribution in [3.8, 4) is 0 Å². The summed E-state index contributed by atoms with van der Waals surface area (Å²) in [5, 5.41) is 11.3. The number of amides is 1. The number of carboxylic acids is 1. The number of carboxylic acid groups (broad SMARTS) is 1. The summed E-state index contributed by atoms with van der Waals surface area (Å²) in [4.78, 5) is 26.8. The number of hydrogen-bond acceptors (Lipinski definition) is 3. The second kappa shape index (κ2) is 5.20. The molecule has 1 aliphatic heterocycles. The number of rotatable bonds is 3. The van der Waals surface area contributed by atoms with E-state index in [1.807, 2.05) is 0 Å². The Bertz CT molecular complexity index is 539. The van der Waals surface area contributed by atoms with E-state index in [1.165, 1.54) is 10.4 Å². The highest BCUT2D eigenvalue weighted by Crippen LogP contribution is 2.51. The quantitative estimate of drug-likeness (QED) is 0.932. The zero-order chi connectivity index (χ0) is 14.3. The first-order valence-corrected chi connectivity index (χ1v) is 8.05. The lowest BCUT2D eigenvalue weighted by Crippen LogP contribution is -2.48. The zero-order valence-corrected chi connectivity index (χ0v) is 12.4. The van der Waals surface area contributed by atoms with Crippen LogP contribution in [0, 0.1) is 12.8 Å². The number of aryl methyl sites for hydroxylation is 1. The van der Waals surface area contributed by atoms with Crippen molar-refractivity contribution in [2.24, 2.45) is 5.92 Å². The maximum Gasteiger partial charge on any atom is 0.326 e. The maximum absolute atomic E-state index is 12.6. The molecule has 3 rings (SSSR count). The third kappa shape index (κ3) is 2.35. The van der Waals surface area contributed by atoms with E-state index in [0.717, 1.165) is 19.3 Å². The number of nitrogens with zero attached hydrogens (tertiary/aromatic N) is 1. The van der Waals surface area contributed by atoms with Crippen LogP contribution in [0.5, 0.6) is 0 Å². The van der Waals surface area contributed by atoms with E-state index in [2.05, 4.69) is 18.4 Å². The van der Waals surface area contributed by atoms with E-state index in [4.69, 9.17) is 0 Å². The highest BCUT2D eigenvalue weighted by atomic mass is 32.1. The fourth-order valence-electron chi connectivity index (χ4n) is 3.19. The minimum absolute atomic E-state index is 0.00676. The Morgan fingerprint density at radius 1 is 1.40 bits per heavy atom. The summed E-state index contributed by atoms with van der Waals surface area (Å²) in [6.45, 7) is 2.68. The van der Waals surface area contributed by atoms with Crippen LogP contribution in [0.1, 0.15) is 42.0 Å². The van der Waals surface area contributed by atoms with Crippen LogP contribution in [-0.2, 0) is 9.59 Å². The summed E-state index contributed by atoms with van der Waals surface area (Å²) in [7, 11) is 0. The van der Waals surface area contributed by atoms with Crippen LogP contribution in [0.15, 0.2) is 11.4 Å². The lowest BCUT2D eigenvalue weighted by molar-refractivity contribution is -0.152. The van der Waals surface area contributed by atoms with Gasteiger partial charge in [-0.25, -0.2) is 4.79 Å². The van der Waals surface area contributed by atoms with Crippen LogP contribution >= 0.6 is 11.3 Å². The van der Waals surface area contributed by atoms with Gasteiger partial charge in [0, 0.05) is 23.3 Å². The Morgan fingerprint density at radius 2 is 2.20 bits per heavy atom. The molecule has 0 bridgehead atoms. The van der Waals surface area contributed by atoms with Gasteiger partial charge in [-0.2, -0.15) is 0 Å². The van der Waals surface area contributed by atoms with Crippen LogP contribution in [-0.4, -0.2) is 34.5 Å². The highest BCUT2D eigenvalue weighted by molar-refractivity contribution is 7.10. The summed E-state index contributed by atoms with van der Waals surface area (Å²) in [6, 6.07) is 1.47. The first-order valence-electron chi connectivity index (χ1n) is 7.17. The van der Waals surface area contributed by atoms with Crippen molar-refractivity contribution in [2.75, 3.05) is 6.54 Å². The molecule has 1 saturated heterocycles. The lowest BCUT2D eigenvalue weighted by atomic mass is 10.0. The van der Waals surface area contributed by atoms with Gasteiger partial charge in [-0.05, 0) is 49.6 Å². The number of carbonyl (C=O) groups excluding carboxylic acids is 1. The second-order valence-corrected chi connectivity index (χ2v) is 6.75. The fraction of sp³-hybridized carbons (Fsp3) is 0.600. The average Bonchev–Trinajstić information content (AvgIpc) is 3.12. The Hall–Kier alpha value is -1.36. The van der Waals surface area contributed by atoms with Gasteiger partial charge in [0.05, 0.1) is 0 Å². The number of piperidine rings is 1. The van der Waals surface area contributed by atoms with Crippen molar-refractivity contribution in [3.05, 3.63) is 21.9 Å². The van der Waals surface area contributed by atoms with Crippen molar-refractivity contribution >= 4 is 23.2 Å². The van der Waals surface area contributed by atoms with Gasteiger partial charge in [0.2, 0.25) is 5.91 Å². The first-order chi connectivity index (χ1) is 9.59. The van der Waals surface area contributed by atoms with Gasteiger partial charge >= 0.3 is 5.97 Å². The third-order valence-corrected chi connectivity index (χ3v) is 5.57. The summed E-state index contributed by atoms with van der Waals surface area (Å²) >= 11 is 1.71. The van der Waals surface area contributed by atoms with Gasteiger partial charge in [-0.3, -0.25) is 4.79 Å². The summed E-state index contributed by atoms with van der Waals surface area (Å²) in [5.74, 6) is -0.483. The van der Waals surface area contributed by atoms with Crippen LogP contribution in [0.2, 0.25) is 0 Å². The Labute approximate surface area is 122 Å². The monoisotopic (exact) mass is 293 g/mol. The SMILES string of the molecule is Cc1ccsc1[C@H]1C[C@H]1C(=O)N1CCCC[C@@H]1C(=O)O. The molecule has 0 radical (unpaired) electrons. The molecular formula is C15H19NO3S. The van der Waals surface area contributed by atoms with Gasteiger partial charge in [0.25, 0.3) is 0 Å². The number of carbonyl (C=O) groups is 2. The fourth-order valence-corrected chi connectivity index (χ4v) is 4.30. The molecule has 108 valence electrons. The molecule has 1 amide bonds. The molecular weight excluding hydrogens is 274 g/mol. The van der Waals surface area contributed by atoms with E-state index < -0.39 is 12.0 Å². The molecule has 3 atom stereocenters. The number of likely N-dealkylation sites (tertiary alicyclic amines) is 1. The Balaban J connectivity index is 1.71. The standard InChI is InChI=1S/C15H19NO3S/c1-9-5-7-20-13(9)10-8-11(10)14(17)16-6-3-2-4-12(16)15(18)19/h5,7,10-12H,2-4,6,8H2,1H3,(H,18,19)/t10-,11+,12+/m0/s1. The van der Waals surface area contributed by atoms with Gasteiger partial charge in [0.1, 0.15) is 6.04 Å². The smallest absolute Gasteiger partial charge is 0.326 e. The topological polar surface area (TPSA) is 57.6 Å². The van der Waals surface area contributed by atoms with Gasteiger partial charge in [-0.1, -0.05) is 0 Å². The molecule has 4 nitrogen and oxygen atoms in total. The maximum atomic E-state index is 12.6. The molecule has 2 fully saturated rings. The van der Waals surface area contributed by atoms with Crippen molar-refractivity contribution in [1.82, 2.24) is 4.90 Å². The molecule has 0 spiro atoms. The highest BCUT2D eigenvalue weighted by Gasteiger charge is 2.49. The molecule has 2 heterocycles. The van der Waals surface area contributed by atoms with E-state index in [1.54, 1.807) is 16.2 Å². The predicted molar refractivity (Wildman–Crippen MR) is 76.9 cm³/mol. The van der Waals surface area contributed by atoms with Crippen LogP contribution in [0.25, 0.3) is 0 Å². The molecule has 2 aliphatic rings. The largest absolute Gasteiger partial charge is 0.480 e. The third-order valence-electron chi connectivity index (χ3n) is 4.42. The molecule has 1 aromatic heterocycles. The average molecular weight is 293 g/mol. The summed E-state index contributed by atoms with van der Waals surface area (Å²) in [6.07, 6.45) is 3.29. The van der Waals surface area contributed by atoms with Crippen LogP contribution < -0.4 is 0 Å². The predicted octanol–water partition coefficient (Wildman–Crippen LogP) is 2.63. The molecule has 1 aromatic rings.